The van der Waals surface area contributed by atoms with Crippen molar-refractivity contribution in [3.8, 4) is 0 Å². The van der Waals surface area contributed by atoms with Gasteiger partial charge in [0.1, 0.15) is 0 Å². The van der Waals surface area contributed by atoms with Crippen LogP contribution in [0.3, 0.4) is 0 Å². The molecule has 1 saturated carbocycles. The van der Waals surface area contributed by atoms with Crippen molar-refractivity contribution in [2.45, 2.75) is 65.0 Å². The molecule has 0 aromatic heterocycles. The molecule has 0 aromatic carbocycles. The van der Waals surface area contributed by atoms with E-state index in [1.165, 1.54) is 12.8 Å². The average Bonchev–Trinajstić information content (AvgIpc) is 2.51. The number of carbonyl (C=O) groups excluding carboxylic acids is 1. The number of piperidine rings is 1. The molecule has 2 rings (SSSR count). The zero-order chi connectivity index (χ0) is 16.3. The van der Waals surface area contributed by atoms with Gasteiger partial charge in [-0.15, -0.1) is 12.4 Å². The predicted molar refractivity (Wildman–Crippen MR) is 92.8 cm³/mol. The first-order valence-corrected chi connectivity index (χ1v) is 8.67. The Kier molecular flexibility index (Phi) is 7.81. The van der Waals surface area contributed by atoms with Crippen LogP contribution in [-0.2, 0) is 9.59 Å². The van der Waals surface area contributed by atoms with Gasteiger partial charge < -0.3 is 10.4 Å². The summed E-state index contributed by atoms with van der Waals surface area (Å²) in [6, 6.07) is 0.120. The lowest BCUT2D eigenvalue weighted by molar-refractivity contribution is -0.143. The molecule has 5 nitrogen and oxygen atoms in total. The molecule has 6 heteroatoms. The largest absolute Gasteiger partial charge is 0.481 e. The molecule has 134 valence electrons. The molecule has 0 radical (unpaired) electrons. The number of amides is 1. The molecule has 1 aliphatic heterocycles. The molecular weight excluding hydrogens is 316 g/mol. The van der Waals surface area contributed by atoms with Crippen LogP contribution in [0.4, 0.5) is 0 Å². The van der Waals surface area contributed by atoms with Crippen LogP contribution in [0, 0.1) is 17.8 Å². The maximum Gasteiger partial charge on any atom is 0.306 e. The maximum atomic E-state index is 12.5. The minimum Gasteiger partial charge on any atom is -0.481 e. The van der Waals surface area contributed by atoms with E-state index in [0.29, 0.717) is 37.8 Å². The fraction of sp³-hybridized carbons (Fsp3) is 0.882. The Morgan fingerprint density at radius 3 is 2.30 bits per heavy atom. The number of carboxylic acids is 1. The van der Waals surface area contributed by atoms with Gasteiger partial charge in [0, 0.05) is 6.04 Å². The van der Waals surface area contributed by atoms with Crippen molar-refractivity contribution in [3.63, 3.8) is 0 Å². The number of carbonyl (C=O) groups is 2. The van der Waals surface area contributed by atoms with Gasteiger partial charge in [0.2, 0.25) is 5.91 Å². The maximum absolute atomic E-state index is 12.5. The van der Waals surface area contributed by atoms with Gasteiger partial charge in [-0.05, 0) is 51.1 Å². The molecule has 2 N–H and O–H groups in total. The van der Waals surface area contributed by atoms with E-state index in [2.05, 4.69) is 24.1 Å². The fourth-order valence-corrected chi connectivity index (χ4v) is 3.79. The first-order valence-electron chi connectivity index (χ1n) is 8.67. The lowest BCUT2D eigenvalue weighted by Crippen LogP contribution is -2.53. The third-order valence-corrected chi connectivity index (χ3v) is 5.84. The summed E-state index contributed by atoms with van der Waals surface area (Å²) >= 11 is 0. The van der Waals surface area contributed by atoms with E-state index >= 15 is 0 Å². The Morgan fingerprint density at radius 2 is 1.74 bits per heavy atom. The quantitative estimate of drug-likeness (QED) is 0.820. The zero-order valence-electron chi connectivity index (χ0n) is 14.5. The Bertz CT molecular complexity index is 411. The Hall–Kier alpha value is -0.810. The van der Waals surface area contributed by atoms with Crippen molar-refractivity contribution in [2.24, 2.45) is 17.8 Å². The number of halogens is 1. The highest BCUT2D eigenvalue weighted by Crippen LogP contribution is 2.29. The van der Waals surface area contributed by atoms with Crippen molar-refractivity contribution in [3.05, 3.63) is 0 Å². The summed E-state index contributed by atoms with van der Waals surface area (Å²) in [5, 5.41) is 12.3. The van der Waals surface area contributed by atoms with Crippen LogP contribution in [0.2, 0.25) is 0 Å². The van der Waals surface area contributed by atoms with Crippen LogP contribution in [0.1, 0.15) is 52.9 Å². The smallest absolute Gasteiger partial charge is 0.306 e. The van der Waals surface area contributed by atoms with Crippen molar-refractivity contribution >= 4 is 24.3 Å². The zero-order valence-corrected chi connectivity index (χ0v) is 15.3. The first-order chi connectivity index (χ1) is 10.4. The third kappa shape index (κ3) is 5.08. The normalized spacial score (nSPS) is 31.0. The number of hydrogen-bond acceptors (Lipinski definition) is 3. The van der Waals surface area contributed by atoms with E-state index in [-0.39, 0.29) is 36.3 Å². The van der Waals surface area contributed by atoms with Crippen molar-refractivity contribution in [1.29, 1.82) is 0 Å². The molecule has 1 aliphatic carbocycles. The summed E-state index contributed by atoms with van der Waals surface area (Å²) < 4.78 is 0. The van der Waals surface area contributed by atoms with Gasteiger partial charge in [0.15, 0.2) is 0 Å². The van der Waals surface area contributed by atoms with Gasteiger partial charge in [-0.2, -0.15) is 0 Å². The molecule has 0 bridgehead atoms. The molecule has 1 heterocycles. The third-order valence-electron chi connectivity index (χ3n) is 5.84. The summed E-state index contributed by atoms with van der Waals surface area (Å²) in [6.45, 7) is 7.83. The second-order valence-corrected chi connectivity index (χ2v) is 7.21. The van der Waals surface area contributed by atoms with E-state index < -0.39 is 5.97 Å². The fourth-order valence-electron chi connectivity index (χ4n) is 3.79. The van der Waals surface area contributed by atoms with Gasteiger partial charge >= 0.3 is 5.97 Å². The minimum absolute atomic E-state index is 0. The molecule has 4 atom stereocenters. The Labute approximate surface area is 145 Å². The highest BCUT2D eigenvalue weighted by atomic mass is 35.5. The van der Waals surface area contributed by atoms with Crippen LogP contribution < -0.4 is 5.32 Å². The van der Waals surface area contributed by atoms with E-state index in [1.54, 1.807) is 0 Å². The van der Waals surface area contributed by atoms with Crippen LogP contribution in [-0.4, -0.2) is 47.1 Å². The van der Waals surface area contributed by atoms with Gasteiger partial charge in [-0.3, -0.25) is 14.5 Å². The molecule has 23 heavy (non-hydrogen) atoms. The van der Waals surface area contributed by atoms with Gasteiger partial charge in [0.25, 0.3) is 0 Å². The molecule has 1 saturated heterocycles. The highest BCUT2D eigenvalue weighted by Gasteiger charge is 2.32. The van der Waals surface area contributed by atoms with E-state index in [4.69, 9.17) is 5.11 Å². The van der Waals surface area contributed by atoms with Crippen LogP contribution in [0.5, 0.6) is 0 Å². The van der Waals surface area contributed by atoms with E-state index in [1.807, 2.05) is 6.92 Å². The number of hydrogen-bond donors (Lipinski definition) is 2. The molecular formula is C17H31ClN2O3. The van der Waals surface area contributed by atoms with Crippen molar-refractivity contribution in [1.82, 2.24) is 10.2 Å². The molecule has 0 aromatic rings. The number of aliphatic carboxylic acids is 1. The number of nitrogens with zero attached hydrogens (tertiary/aromatic N) is 1. The van der Waals surface area contributed by atoms with Crippen molar-refractivity contribution < 1.29 is 14.7 Å². The Morgan fingerprint density at radius 1 is 1.13 bits per heavy atom. The molecule has 2 aliphatic rings. The predicted octanol–water partition coefficient (Wildman–Crippen LogP) is 2.53. The average molecular weight is 347 g/mol. The standard InChI is InChI=1S/C17H30N2O3.ClH/c1-11-5-4-6-15(12(11)2)18-16(20)13(3)19-9-7-14(8-10-19)17(21)22;/h11-15H,4-10H2,1-3H3,(H,18,20)(H,21,22);1H. The van der Waals surface area contributed by atoms with Gasteiger partial charge in [0.05, 0.1) is 12.0 Å². The molecule has 1 amide bonds. The van der Waals surface area contributed by atoms with E-state index in [0.717, 1.165) is 6.42 Å². The topological polar surface area (TPSA) is 69.6 Å². The van der Waals surface area contributed by atoms with Gasteiger partial charge in [-0.1, -0.05) is 26.7 Å². The van der Waals surface area contributed by atoms with Crippen LogP contribution >= 0.6 is 12.4 Å². The summed E-state index contributed by atoms with van der Waals surface area (Å²) in [5.41, 5.74) is 0. The van der Waals surface area contributed by atoms with Crippen molar-refractivity contribution in [2.75, 3.05) is 13.1 Å². The second kappa shape index (κ2) is 8.88. The Balaban J connectivity index is 0.00000264. The van der Waals surface area contributed by atoms with E-state index in [9.17, 15) is 9.59 Å². The van der Waals surface area contributed by atoms with Crippen LogP contribution in [0.25, 0.3) is 0 Å². The first kappa shape index (κ1) is 20.2. The summed E-state index contributed by atoms with van der Waals surface area (Å²) in [7, 11) is 0. The van der Waals surface area contributed by atoms with Gasteiger partial charge in [-0.25, -0.2) is 0 Å². The molecule has 0 spiro atoms. The molecule has 4 unspecified atom stereocenters. The van der Waals surface area contributed by atoms with Crippen LogP contribution in [0.15, 0.2) is 0 Å². The lowest BCUT2D eigenvalue weighted by atomic mass is 9.78. The summed E-state index contributed by atoms with van der Waals surface area (Å²) in [5.74, 6) is 0.343. The number of nitrogens with one attached hydrogen (secondary N) is 1. The number of rotatable bonds is 4. The summed E-state index contributed by atoms with van der Waals surface area (Å²) in [4.78, 5) is 25.6. The monoisotopic (exact) mass is 346 g/mol. The minimum atomic E-state index is -0.707. The number of carboxylic acid groups (broad SMARTS) is 1. The second-order valence-electron chi connectivity index (χ2n) is 7.21. The highest BCUT2D eigenvalue weighted by molar-refractivity contribution is 5.85. The summed E-state index contributed by atoms with van der Waals surface area (Å²) in [6.07, 6.45) is 4.80. The number of likely N-dealkylation sites (tertiary alicyclic amines) is 1. The SMILES string of the molecule is CC1CCCC(NC(=O)C(C)N2CCC(C(=O)O)CC2)C1C.Cl. The molecule has 2 fully saturated rings. The lowest BCUT2D eigenvalue weighted by Gasteiger charge is -2.38.